The monoisotopic (exact) mass is 417 g/mol. The highest BCUT2D eigenvalue weighted by Crippen LogP contribution is 2.29. The molecule has 1 aliphatic rings. The molecule has 1 fully saturated rings. The molecule has 2 aromatic rings. The highest BCUT2D eigenvalue weighted by Gasteiger charge is 2.32. The molecule has 7 nitrogen and oxygen atoms in total. The van der Waals surface area contributed by atoms with E-state index in [1.807, 2.05) is 33.8 Å². The van der Waals surface area contributed by atoms with Crippen molar-refractivity contribution in [2.24, 2.45) is 0 Å². The first-order valence-electron chi connectivity index (χ1n) is 9.63. The Morgan fingerprint density at radius 1 is 0.966 bits per heavy atom. The maximum atomic E-state index is 13.3. The minimum absolute atomic E-state index is 0.0400. The Morgan fingerprint density at radius 2 is 1.55 bits per heavy atom. The van der Waals surface area contributed by atoms with Gasteiger partial charge in [0, 0.05) is 38.4 Å². The van der Waals surface area contributed by atoms with Gasteiger partial charge in [-0.15, -0.1) is 0 Å². The average Bonchev–Trinajstić information content (AvgIpc) is 2.68. The Hall–Kier alpha value is -2.45. The first kappa shape index (κ1) is 21.3. The van der Waals surface area contributed by atoms with Crippen LogP contribution in [-0.4, -0.2) is 54.3 Å². The quantitative estimate of drug-likeness (QED) is 0.757. The summed E-state index contributed by atoms with van der Waals surface area (Å²) in [6.45, 7) is 8.57. The molecule has 0 aliphatic carbocycles. The van der Waals surface area contributed by atoms with Crippen molar-refractivity contribution in [3.8, 4) is 0 Å². The largest absolute Gasteiger partial charge is 0.339 e. The summed E-state index contributed by atoms with van der Waals surface area (Å²) in [4.78, 5) is 26.3. The smallest absolute Gasteiger partial charge is 0.250 e. The number of aromatic nitrogens is 1. The standard InChI is InChI=1S/C21H27N3O4S/c1-15-13-16(2)18(4)21(17(15)3)29(27,28)24-11-9-22(10-12-24)20(26)14-23-8-6-5-7-19(23)25/h5-8,13H,9-12,14H2,1-4H3. The number of piperazine rings is 1. The van der Waals surface area contributed by atoms with E-state index in [4.69, 9.17) is 0 Å². The molecule has 0 atom stereocenters. The van der Waals surface area contributed by atoms with E-state index in [1.165, 1.54) is 14.9 Å². The van der Waals surface area contributed by atoms with Gasteiger partial charge in [-0.2, -0.15) is 4.31 Å². The van der Waals surface area contributed by atoms with Crippen molar-refractivity contribution in [3.63, 3.8) is 0 Å². The number of carbonyl (C=O) groups excluding carboxylic acids is 1. The van der Waals surface area contributed by atoms with E-state index in [-0.39, 0.29) is 31.1 Å². The van der Waals surface area contributed by atoms with Crippen LogP contribution < -0.4 is 5.56 Å². The van der Waals surface area contributed by atoms with Crippen molar-refractivity contribution >= 4 is 15.9 Å². The molecule has 8 heteroatoms. The van der Waals surface area contributed by atoms with Gasteiger partial charge in [-0.3, -0.25) is 9.59 Å². The maximum absolute atomic E-state index is 13.3. The van der Waals surface area contributed by atoms with E-state index in [1.54, 1.807) is 23.2 Å². The number of aryl methyl sites for hydroxylation is 2. The lowest BCUT2D eigenvalue weighted by atomic mass is 10.0. The second kappa shape index (κ2) is 8.12. The van der Waals surface area contributed by atoms with Crippen LogP contribution in [0.25, 0.3) is 0 Å². The van der Waals surface area contributed by atoms with Crippen LogP contribution in [0.1, 0.15) is 22.3 Å². The maximum Gasteiger partial charge on any atom is 0.250 e. The zero-order valence-electron chi connectivity index (χ0n) is 17.3. The van der Waals surface area contributed by atoms with Crippen molar-refractivity contribution in [1.82, 2.24) is 13.8 Å². The normalized spacial score (nSPS) is 15.5. The molecule has 29 heavy (non-hydrogen) atoms. The molecule has 0 unspecified atom stereocenters. The van der Waals surface area contributed by atoms with Gasteiger partial charge in [0.05, 0.1) is 4.90 Å². The summed E-state index contributed by atoms with van der Waals surface area (Å²) in [6.07, 6.45) is 1.58. The third kappa shape index (κ3) is 4.13. The molecule has 1 saturated heterocycles. The summed E-state index contributed by atoms with van der Waals surface area (Å²) >= 11 is 0. The molecule has 0 N–H and O–H groups in total. The molecule has 1 amide bonds. The van der Waals surface area contributed by atoms with Gasteiger partial charge in [0.1, 0.15) is 6.54 Å². The van der Waals surface area contributed by atoms with E-state index in [2.05, 4.69) is 0 Å². The lowest BCUT2D eigenvalue weighted by Gasteiger charge is -2.35. The third-order valence-electron chi connectivity index (χ3n) is 5.69. The third-order valence-corrected chi connectivity index (χ3v) is 7.86. The fourth-order valence-electron chi connectivity index (χ4n) is 3.71. The van der Waals surface area contributed by atoms with E-state index in [9.17, 15) is 18.0 Å². The van der Waals surface area contributed by atoms with E-state index in [0.29, 0.717) is 18.0 Å². The number of amides is 1. The molecular formula is C21H27N3O4S. The molecular weight excluding hydrogens is 390 g/mol. The van der Waals surface area contributed by atoms with Crippen molar-refractivity contribution in [1.29, 1.82) is 0 Å². The molecule has 156 valence electrons. The molecule has 0 radical (unpaired) electrons. The predicted molar refractivity (Wildman–Crippen MR) is 111 cm³/mol. The highest BCUT2D eigenvalue weighted by molar-refractivity contribution is 7.89. The van der Waals surface area contributed by atoms with Gasteiger partial charge in [0.25, 0.3) is 5.56 Å². The second-order valence-electron chi connectivity index (χ2n) is 7.54. The van der Waals surface area contributed by atoms with E-state index >= 15 is 0 Å². The Bertz CT molecular complexity index is 1070. The topological polar surface area (TPSA) is 79.7 Å². The van der Waals surface area contributed by atoms with Crippen LogP contribution in [0.4, 0.5) is 0 Å². The molecule has 1 aromatic carbocycles. The van der Waals surface area contributed by atoms with Crippen molar-refractivity contribution in [3.05, 3.63) is 63.1 Å². The van der Waals surface area contributed by atoms with Crippen LogP contribution in [-0.2, 0) is 21.4 Å². The molecule has 1 aromatic heterocycles. The molecule has 3 rings (SSSR count). The van der Waals surface area contributed by atoms with Gasteiger partial charge in [-0.1, -0.05) is 12.1 Å². The number of benzene rings is 1. The second-order valence-corrected chi connectivity index (χ2v) is 9.42. The van der Waals surface area contributed by atoms with Crippen LogP contribution in [0.15, 0.2) is 40.2 Å². The lowest BCUT2D eigenvalue weighted by molar-refractivity contribution is -0.133. The first-order valence-corrected chi connectivity index (χ1v) is 11.1. The first-order chi connectivity index (χ1) is 13.6. The molecule has 0 spiro atoms. The van der Waals surface area contributed by atoms with Crippen LogP contribution in [0.5, 0.6) is 0 Å². The van der Waals surface area contributed by atoms with Crippen LogP contribution in [0, 0.1) is 27.7 Å². The predicted octanol–water partition coefficient (Wildman–Crippen LogP) is 1.62. The lowest BCUT2D eigenvalue weighted by Crippen LogP contribution is -2.51. The summed E-state index contributed by atoms with van der Waals surface area (Å²) in [5.74, 6) is -0.186. The van der Waals surface area contributed by atoms with Crippen LogP contribution in [0.3, 0.4) is 0 Å². The Morgan fingerprint density at radius 3 is 2.10 bits per heavy atom. The van der Waals surface area contributed by atoms with Crippen molar-refractivity contribution < 1.29 is 13.2 Å². The zero-order valence-corrected chi connectivity index (χ0v) is 18.1. The van der Waals surface area contributed by atoms with Gasteiger partial charge in [-0.05, 0) is 56.0 Å². The van der Waals surface area contributed by atoms with Crippen molar-refractivity contribution in [2.45, 2.75) is 39.1 Å². The van der Waals surface area contributed by atoms with Crippen LogP contribution >= 0.6 is 0 Å². The summed E-state index contributed by atoms with van der Waals surface area (Å²) < 4.78 is 29.5. The highest BCUT2D eigenvalue weighted by atomic mass is 32.2. The number of hydrogen-bond donors (Lipinski definition) is 0. The summed E-state index contributed by atoms with van der Waals surface area (Å²) in [5, 5.41) is 0. The van der Waals surface area contributed by atoms with Crippen LogP contribution in [0.2, 0.25) is 0 Å². The number of pyridine rings is 1. The Kier molecular flexibility index (Phi) is 5.95. The molecule has 0 bridgehead atoms. The van der Waals surface area contributed by atoms with E-state index in [0.717, 1.165) is 22.3 Å². The molecule has 2 heterocycles. The van der Waals surface area contributed by atoms with Gasteiger partial charge >= 0.3 is 0 Å². The molecule has 0 saturated carbocycles. The number of hydrogen-bond acceptors (Lipinski definition) is 4. The Labute approximate surface area is 171 Å². The summed E-state index contributed by atoms with van der Waals surface area (Å²) in [7, 11) is -3.64. The minimum atomic E-state index is -3.64. The van der Waals surface area contributed by atoms with Crippen molar-refractivity contribution in [2.75, 3.05) is 26.2 Å². The fourth-order valence-corrected chi connectivity index (χ4v) is 5.71. The number of carbonyl (C=O) groups is 1. The minimum Gasteiger partial charge on any atom is -0.339 e. The Balaban J connectivity index is 1.75. The summed E-state index contributed by atoms with van der Waals surface area (Å²) in [5.41, 5.74) is 3.22. The van der Waals surface area contributed by atoms with Gasteiger partial charge in [-0.25, -0.2) is 8.42 Å². The SMILES string of the molecule is Cc1cc(C)c(C)c(S(=O)(=O)N2CCN(C(=O)Cn3ccccc3=O)CC2)c1C. The number of nitrogens with zero attached hydrogens (tertiary/aromatic N) is 3. The van der Waals surface area contributed by atoms with E-state index < -0.39 is 10.0 Å². The fraction of sp³-hybridized carbons (Fsp3) is 0.429. The zero-order chi connectivity index (χ0) is 21.3. The number of sulfonamides is 1. The molecule has 1 aliphatic heterocycles. The van der Waals surface area contributed by atoms with Gasteiger partial charge in [0.2, 0.25) is 15.9 Å². The average molecular weight is 418 g/mol. The number of rotatable bonds is 4. The van der Waals surface area contributed by atoms with Gasteiger partial charge in [0.15, 0.2) is 0 Å². The van der Waals surface area contributed by atoms with Gasteiger partial charge < -0.3 is 9.47 Å². The summed E-state index contributed by atoms with van der Waals surface area (Å²) in [6, 6.07) is 6.75.